The van der Waals surface area contributed by atoms with Crippen molar-refractivity contribution >= 4 is 5.71 Å². The summed E-state index contributed by atoms with van der Waals surface area (Å²) < 4.78 is 20.9. The van der Waals surface area contributed by atoms with Gasteiger partial charge in [0, 0.05) is 11.3 Å². The fraction of sp³-hybridized carbons (Fsp3) is 0.333. The van der Waals surface area contributed by atoms with Crippen LogP contribution in [-0.2, 0) is 4.84 Å². The second-order valence-electron chi connectivity index (χ2n) is 4.11. The Balaban J connectivity index is 2.12. The molecule has 0 amide bonds. The molecule has 18 heavy (non-hydrogen) atoms. The highest BCUT2D eigenvalue weighted by atomic mass is 16.6. The van der Waals surface area contributed by atoms with Crippen molar-refractivity contribution in [1.82, 2.24) is 4.98 Å². The van der Waals surface area contributed by atoms with E-state index in [1.807, 2.05) is 25.1 Å². The monoisotopic (exact) mass is 246 g/mol. The molecule has 92 valence electrons. The Morgan fingerprint density at radius 3 is 3.17 bits per heavy atom. The lowest BCUT2D eigenvalue weighted by molar-refractivity contribution is 0.213. The van der Waals surface area contributed by atoms with Crippen molar-refractivity contribution in [1.29, 1.82) is 0 Å². The highest BCUT2D eigenvalue weighted by Gasteiger charge is 2.07. The van der Waals surface area contributed by atoms with Gasteiger partial charge in [0.1, 0.15) is 12.7 Å². The standard InChI is InChI=1S/C15H16N2O/c1-12-5-3-7-14(16-12)10-9-13-6-4-8-15(11-13)17-18-2/h3,5,7,11H,4,6,8H2,1-2H3/b17-15+/i2T3. The quantitative estimate of drug-likeness (QED) is 0.564. The topological polar surface area (TPSA) is 34.5 Å². The average Bonchev–Trinajstić information content (AvgIpc) is 2.43. The zero-order valence-electron chi connectivity index (χ0n) is 13.2. The molecule has 0 N–H and O–H groups in total. The van der Waals surface area contributed by atoms with E-state index in [1.54, 1.807) is 6.08 Å². The normalized spacial score (nSPS) is 19.9. The molecule has 0 aromatic carbocycles. The summed E-state index contributed by atoms with van der Waals surface area (Å²) in [6, 6.07) is 5.69. The molecule has 0 unspecified atom stereocenters. The molecular formula is C15H16N2O. The Morgan fingerprint density at radius 2 is 2.33 bits per heavy atom. The second kappa shape index (κ2) is 6.02. The maximum absolute atomic E-state index is 6.96. The van der Waals surface area contributed by atoms with Crippen LogP contribution in [0.4, 0.5) is 0 Å². The molecule has 3 heteroatoms. The van der Waals surface area contributed by atoms with Gasteiger partial charge in [-0.05, 0) is 50.3 Å². The van der Waals surface area contributed by atoms with E-state index in [9.17, 15) is 0 Å². The molecule has 1 heterocycles. The van der Waals surface area contributed by atoms with E-state index in [2.05, 4.69) is 26.8 Å². The smallest absolute Gasteiger partial charge is 0.113 e. The zero-order chi connectivity index (χ0) is 15.3. The van der Waals surface area contributed by atoms with Gasteiger partial charge in [-0.1, -0.05) is 17.1 Å². The van der Waals surface area contributed by atoms with Crippen LogP contribution in [0.15, 0.2) is 35.0 Å². The van der Waals surface area contributed by atoms with Crippen LogP contribution < -0.4 is 0 Å². The van der Waals surface area contributed by atoms with Crippen molar-refractivity contribution in [2.75, 3.05) is 7.04 Å². The predicted octanol–water partition coefficient (Wildman–Crippen LogP) is 2.85. The summed E-state index contributed by atoms with van der Waals surface area (Å²) in [4.78, 5) is 8.79. The Morgan fingerprint density at radius 1 is 1.39 bits per heavy atom. The van der Waals surface area contributed by atoms with Gasteiger partial charge in [0.15, 0.2) is 0 Å². The van der Waals surface area contributed by atoms with E-state index in [0.717, 1.165) is 29.8 Å². The van der Waals surface area contributed by atoms with Gasteiger partial charge in [-0.15, -0.1) is 0 Å². The Bertz CT molecular complexity index is 636. The minimum absolute atomic E-state index is 0.610. The van der Waals surface area contributed by atoms with E-state index in [0.29, 0.717) is 12.1 Å². The highest BCUT2D eigenvalue weighted by molar-refractivity contribution is 5.96. The molecule has 0 radical (unpaired) electrons. The van der Waals surface area contributed by atoms with E-state index < -0.39 is 7.04 Å². The fourth-order valence-electron chi connectivity index (χ4n) is 1.79. The van der Waals surface area contributed by atoms with Crippen molar-refractivity contribution in [2.45, 2.75) is 26.2 Å². The van der Waals surface area contributed by atoms with E-state index in [1.165, 1.54) is 0 Å². The molecule has 0 saturated heterocycles. The summed E-state index contributed by atoms with van der Waals surface area (Å²) in [5.74, 6) is 6.08. The number of allylic oxidation sites excluding steroid dienone is 2. The van der Waals surface area contributed by atoms with Gasteiger partial charge in [-0.3, -0.25) is 0 Å². The van der Waals surface area contributed by atoms with Crippen LogP contribution in [0.25, 0.3) is 0 Å². The molecule has 1 aromatic heterocycles. The molecule has 1 aliphatic carbocycles. The Hall–Kier alpha value is -2.08. The van der Waals surface area contributed by atoms with Crippen LogP contribution in [0.5, 0.6) is 0 Å². The van der Waals surface area contributed by atoms with Crippen LogP contribution in [0.1, 0.15) is 34.8 Å². The minimum Gasteiger partial charge on any atom is -0.399 e. The fourth-order valence-corrected chi connectivity index (χ4v) is 1.79. The number of aromatic nitrogens is 1. The van der Waals surface area contributed by atoms with E-state index in [4.69, 9.17) is 4.11 Å². The molecule has 0 spiro atoms. The molecular weight excluding hydrogens is 224 g/mol. The maximum Gasteiger partial charge on any atom is 0.113 e. The van der Waals surface area contributed by atoms with Crippen molar-refractivity contribution < 1.29 is 8.95 Å². The number of nitrogens with zero attached hydrogens (tertiary/aromatic N) is 2. The van der Waals surface area contributed by atoms with Gasteiger partial charge in [0.05, 0.1) is 9.82 Å². The molecule has 0 saturated carbocycles. The summed E-state index contributed by atoms with van der Waals surface area (Å²) in [6.45, 7) is 1.92. The minimum atomic E-state index is -2.50. The van der Waals surface area contributed by atoms with Crippen LogP contribution in [0, 0.1) is 18.8 Å². The Labute approximate surface area is 112 Å². The summed E-state index contributed by atoms with van der Waals surface area (Å²) in [5, 5.41) is 3.67. The molecule has 0 fully saturated rings. The summed E-state index contributed by atoms with van der Waals surface area (Å²) in [7, 11) is -2.50. The third kappa shape index (κ3) is 3.46. The molecule has 0 bridgehead atoms. The highest BCUT2D eigenvalue weighted by Crippen LogP contribution is 2.15. The molecule has 2 rings (SSSR count). The van der Waals surface area contributed by atoms with Crippen molar-refractivity contribution in [3.05, 3.63) is 41.2 Å². The predicted molar refractivity (Wildman–Crippen MR) is 72.2 cm³/mol. The molecule has 0 atom stereocenters. The lowest BCUT2D eigenvalue weighted by Crippen LogP contribution is -2.03. The van der Waals surface area contributed by atoms with Crippen LogP contribution in [0.3, 0.4) is 0 Å². The van der Waals surface area contributed by atoms with Gasteiger partial charge in [0.2, 0.25) is 0 Å². The average molecular weight is 246 g/mol. The number of hydrogen-bond donors (Lipinski definition) is 0. The molecule has 0 aliphatic heterocycles. The lowest BCUT2D eigenvalue weighted by atomic mass is 9.98. The first kappa shape index (κ1) is 8.93. The Kier molecular flexibility index (Phi) is 2.99. The maximum atomic E-state index is 6.96. The molecule has 3 nitrogen and oxygen atoms in total. The number of pyridine rings is 1. The van der Waals surface area contributed by atoms with Crippen molar-refractivity contribution in [3.63, 3.8) is 0 Å². The lowest BCUT2D eigenvalue weighted by Gasteiger charge is -2.08. The first-order chi connectivity index (χ1) is 9.92. The third-order valence-corrected chi connectivity index (χ3v) is 2.62. The second-order valence-corrected chi connectivity index (χ2v) is 4.11. The third-order valence-electron chi connectivity index (χ3n) is 2.62. The van der Waals surface area contributed by atoms with Crippen LogP contribution >= 0.6 is 0 Å². The van der Waals surface area contributed by atoms with E-state index in [-0.39, 0.29) is 0 Å². The summed E-state index contributed by atoms with van der Waals surface area (Å²) >= 11 is 0. The number of oxime groups is 1. The van der Waals surface area contributed by atoms with Crippen molar-refractivity contribution in [2.24, 2.45) is 5.16 Å². The van der Waals surface area contributed by atoms with Gasteiger partial charge in [-0.25, -0.2) is 4.98 Å². The van der Waals surface area contributed by atoms with Crippen LogP contribution in [-0.4, -0.2) is 17.7 Å². The van der Waals surface area contributed by atoms with Gasteiger partial charge in [0.25, 0.3) is 0 Å². The van der Waals surface area contributed by atoms with Crippen LogP contribution in [0.2, 0.25) is 0 Å². The first-order valence-electron chi connectivity index (χ1n) is 7.34. The van der Waals surface area contributed by atoms with Gasteiger partial charge in [-0.2, -0.15) is 0 Å². The summed E-state index contributed by atoms with van der Waals surface area (Å²) in [5.41, 5.74) is 3.17. The largest absolute Gasteiger partial charge is 0.399 e. The van der Waals surface area contributed by atoms with E-state index >= 15 is 0 Å². The molecule has 1 aliphatic rings. The zero-order valence-corrected chi connectivity index (χ0v) is 10.2. The number of hydrogen-bond acceptors (Lipinski definition) is 3. The first-order valence-corrected chi connectivity index (χ1v) is 5.84. The van der Waals surface area contributed by atoms with Crippen molar-refractivity contribution in [3.8, 4) is 11.8 Å². The molecule has 1 aromatic rings. The van der Waals surface area contributed by atoms with Gasteiger partial charge < -0.3 is 4.84 Å². The number of aryl methyl sites for hydroxylation is 1. The summed E-state index contributed by atoms with van der Waals surface area (Å²) in [6.07, 6.45) is 4.22. The SMILES string of the molecule is [3H]C([3H])([3H])O/N=C1/C=C(C#Cc2cccc(C)n2)CCC1. The van der Waals surface area contributed by atoms with Gasteiger partial charge >= 0.3 is 0 Å². The number of rotatable bonds is 1.